The van der Waals surface area contributed by atoms with E-state index in [4.69, 9.17) is 5.73 Å². The van der Waals surface area contributed by atoms with Crippen molar-refractivity contribution in [3.8, 4) is 0 Å². The number of H-pyrrole nitrogens is 2. The number of allylic oxidation sites excluding steroid dienone is 2. The number of rotatable bonds is 2. The lowest BCUT2D eigenvalue weighted by Crippen LogP contribution is -2.64. The number of aromatic nitrogens is 3. The molecule has 240 valence electrons. The van der Waals surface area contributed by atoms with Crippen molar-refractivity contribution in [2.24, 2.45) is 51.2 Å². The molecule has 5 aliphatic rings. The third kappa shape index (κ3) is 3.74. The minimum absolute atomic E-state index is 0.00364. The molecule has 6 nitrogen and oxygen atoms in total. The van der Waals surface area contributed by atoms with E-state index in [1.165, 1.54) is 46.1 Å². The first-order valence-corrected chi connectivity index (χ1v) is 17.5. The highest BCUT2D eigenvalue weighted by atomic mass is 16.4. The summed E-state index contributed by atoms with van der Waals surface area (Å²) in [4.78, 5) is 16.2. The Hall–Kier alpha value is -3.02. The predicted octanol–water partition coefficient (Wildman–Crippen LogP) is 8.76. The zero-order chi connectivity index (χ0) is 31.9. The summed E-state index contributed by atoms with van der Waals surface area (Å²) in [5.74, 6) is 1.31. The number of nitrogens with zero attached hydrogens (tertiary/aromatic N) is 1. The topological polar surface area (TPSA) is 108 Å². The number of nitrogens with two attached hydrogens (primary N) is 1. The summed E-state index contributed by atoms with van der Waals surface area (Å²) in [7, 11) is 0. The van der Waals surface area contributed by atoms with Crippen molar-refractivity contribution in [1.82, 2.24) is 15.2 Å². The van der Waals surface area contributed by atoms with E-state index in [1.807, 2.05) is 6.20 Å². The number of benzene rings is 1. The minimum Gasteiger partial charge on any atom is -0.481 e. The molecule has 8 rings (SSSR count). The molecular formula is C39H52N4O2. The lowest BCUT2D eigenvalue weighted by Gasteiger charge is -2.70. The Labute approximate surface area is 268 Å². The second-order valence-corrected chi connectivity index (χ2v) is 18.0. The van der Waals surface area contributed by atoms with Gasteiger partial charge < -0.3 is 15.8 Å². The first-order valence-electron chi connectivity index (χ1n) is 17.5. The molecule has 0 aliphatic heterocycles. The molecule has 3 aromatic rings. The summed E-state index contributed by atoms with van der Waals surface area (Å²) in [5.41, 5.74) is 14.8. The Kier molecular flexibility index (Phi) is 5.92. The predicted molar refractivity (Wildman–Crippen MR) is 180 cm³/mol. The van der Waals surface area contributed by atoms with Crippen LogP contribution in [0.15, 0.2) is 36.0 Å². The fourth-order valence-electron chi connectivity index (χ4n) is 12.9. The highest BCUT2D eigenvalue weighted by Crippen LogP contribution is 2.76. The standard InChI is InChI=1S/C39H52N4O2/c1-35(2)18-25-23(26(19-35)34(44)45)10-13-39(7)31(25)24(21-8-9-28-22(16-21)12-15-41-28)17-30-37(5)20-27-32(42-43-33(27)40)36(3,4)29(37)11-14-38(30,39)6/h8-9,12,15-16,23,25-26,29-30,41H,10-11,13-14,17-20H2,1-7H3,(H,44,45)(H3,40,42,43)/t23-,25?,26+,29?,30?,37-,38+,39+/m0/s1. The van der Waals surface area contributed by atoms with Gasteiger partial charge in [-0.1, -0.05) is 60.1 Å². The van der Waals surface area contributed by atoms with E-state index < -0.39 is 5.97 Å². The Balaban J connectivity index is 1.37. The molecule has 3 fully saturated rings. The molecule has 1 aromatic carbocycles. The second kappa shape index (κ2) is 9.07. The summed E-state index contributed by atoms with van der Waals surface area (Å²) >= 11 is 0. The van der Waals surface area contributed by atoms with Crippen LogP contribution < -0.4 is 5.73 Å². The summed E-state index contributed by atoms with van der Waals surface area (Å²) in [6.07, 6.45) is 10.4. The van der Waals surface area contributed by atoms with Gasteiger partial charge in [-0.15, -0.1) is 0 Å². The van der Waals surface area contributed by atoms with E-state index in [-0.39, 0.29) is 38.9 Å². The molecule has 5 aliphatic carbocycles. The molecule has 0 radical (unpaired) electrons. The molecule has 3 unspecified atom stereocenters. The Bertz CT molecular complexity index is 1760. The van der Waals surface area contributed by atoms with E-state index in [2.05, 4.69) is 87.9 Å². The molecule has 0 spiro atoms. The third-order valence-corrected chi connectivity index (χ3v) is 15.0. The zero-order valence-corrected chi connectivity index (χ0v) is 28.3. The largest absolute Gasteiger partial charge is 0.481 e. The number of nitrogen functional groups attached to an aromatic ring is 1. The van der Waals surface area contributed by atoms with Crippen molar-refractivity contribution < 1.29 is 9.90 Å². The lowest BCUT2D eigenvalue weighted by molar-refractivity contribution is -0.161. The van der Waals surface area contributed by atoms with Gasteiger partial charge in [0.25, 0.3) is 0 Å². The molecule has 6 heteroatoms. The normalized spacial score (nSPS) is 39.8. The smallest absolute Gasteiger partial charge is 0.306 e. The number of nitrogens with one attached hydrogen (secondary N) is 2. The number of carboxylic acid groups (broad SMARTS) is 1. The van der Waals surface area contributed by atoms with Crippen LogP contribution in [0.4, 0.5) is 5.82 Å². The van der Waals surface area contributed by atoms with Crippen molar-refractivity contribution in [1.29, 1.82) is 0 Å². The second-order valence-electron chi connectivity index (χ2n) is 18.0. The summed E-state index contributed by atoms with van der Waals surface area (Å²) < 4.78 is 0. The van der Waals surface area contributed by atoms with Gasteiger partial charge >= 0.3 is 5.97 Å². The van der Waals surface area contributed by atoms with Gasteiger partial charge in [0.15, 0.2) is 0 Å². The molecule has 45 heavy (non-hydrogen) atoms. The van der Waals surface area contributed by atoms with Gasteiger partial charge in [-0.3, -0.25) is 9.89 Å². The average molecular weight is 609 g/mol. The average Bonchev–Trinajstić information content (AvgIpc) is 3.58. The van der Waals surface area contributed by atoms with Crippen molar-refractivity contribution in [3.63, 3.8) is 0 Å². The maximum absolute atomic E-state index is 12.8. The van der Waals surface area contributed by atoms with Gasteiger partial charge in [-0.2, -0.15) is 5.10 Å². The maximum Gasteiger partial charge on any atom is 0.306 e. The SMILES string of the molecule is CC1(C)CC2C3=C(c4ccc5[nH]ccc5c4)CC4[C@@]5(C)Cc6c(N)n[nH]c6C(C)(C)C5CC[C@@]4(C)[C@]3(C)CC[C@@H]2[C@H](C(=O)O)C1. The molecule has 2 heterocycles. The first kappa shape index (κ1) is 29.4. The zero-order valence-electron chi connectivity index (χ0n) is 28.3. The number of aromatic amines is 2. The highest BCUT2D eigenvalue weighted by molar-refractivity contribution is 5.85. The van der Waals surface area contributed by atoms with Crippen LogP contribution in [-0.2, 0) is 16.6 Å². The van der Waals surface area contributed by atoms with E-state index in [1.54, 1.807) is 5.57 Å². The number of anilines is 1. The van der Waals surface area contributed by atoms with Gasteiger partial charge in [0.05, 0.1) is 5.92 Å². The first-order chi connectivity index (χ1) is 21.1. The van der Waals surface area contributed by atoms with Gasteiger partial charge in [0, 0.05) is 28.4 Å². The van der Waals surface area contributed by atoms with Crippen molar-refractivity contribution in [3.05, 3.63) is 52.9 Å². The minimum atomic E-state index is -0.594. The molecule has 5 N–H and O–H groups in total. The number of hydrogen-bond acceptors (Lipinski definition) is 3. The van der Waals surface area contributed by atoms with Gasteiger partial charge in [0.1, 0.15) is 5.82 Å². The van der Waals surface area contributed by atoms with Crippen molar-refractivity contribution >= 4 is 28.3 Å². The summed E-state index contributed by atoms with van der Waals surface area (Å²) in [6, 6.07) is 9.19. The van der Waals surface area contributed by atoms with E-state index in [9.17, 15) is 9.90 Å². The molecule has 0 amide bonds. The monoisotopic (exact) mass is 608 g/mol. The number of hydrogen-bond donors (Lipinski definition) is 4. The van der Waals surface area contributed by atoms with Crippen LogP contribution >= 0.6 is 0 Å². The Morgan fingerprint density at radius 2 is 1.78 bits per heavy atom. The van der Waals surface area contributed by atoms with Crippen LogP contribution in [0.1, 0.15) is 110 Å². The number of aliphatic carboxylic acids is 1. The molecule has 8 atom stereocenters. The quantitative estimate of drug-likeness (QED) is 0.233. The summed E-state index contributed by atoms with van der Waals surface area (Å²) in [5, 5.41) is 19.7. The highest BCUT2D eigenvalue weighted by Gasteiger charge is 2.68. The molecule has 3 saturated carbocycles. The number of carboxylic acids is 1. The fourth-order valence-corrected chi connectivity index (χ4v) is 12.9. The number of fused-ring (bicyclic) bond motifs is 9. The lowest BCUT2D eigenvalue weighted by atomic mass is 9.33. The van der Waals surface area contributed by atoms with E-state index >= 15 is 0 Å². The Morgan fingerprint density at radius 3 is 2.53 bits per heavy atom. The van der Waals surface area contributed by atoms with Crippen molar-refractivity contribution in [2.45, 2.75) is 105 Å². The van der Waals surface area contributed by atoms with Gasteiger partial charge in [0.2, 0.25) is 0 Å². The molecule has 0 saturated heterocycles. The van der Waals surface area contributed by atoms with Crippen LogP contribution in [0.3, 0.4) is 0 Å². The molecule has 2 aromatic heterocycles. The molecule has 0 bridgehead atoms. The van der Waals surface area contributed by atoms with Gasteiger partial charge in [-0.25, -0.2) is 0 Å². The number of carbonyl (C=O) groups is 1. The van der Waals surface area contributed by atoms with E-state index in [0.29, 0.717) is 23.6 Å². The maximum atomic E-state index is 12.8. The molecular weight excluding hydrogens is 556 g/mol. The van der Waals surface area contributed by atoms with Crippen molar-refractivity contribution in [2.75, 3.05) is 5.73 Å². The van der Waals surface area contributed by atoms with Gasteiger partial charge in [-0.05, 0) is 131 Å². The van der Waals surface area contributed by atoms with Crippen LogP contribution in [0.25, 0.3) is 16.5 Å². The van der Waals surface area contributed by atoms with Crippen LogP contribution in [-0.4, -0.2) is 26.3 Å². The third-order valence-electron chi connectivity index (χ3n) is 15.0. The van der Waals surface area contributed by atoms with Crippen LogP contribution in [0.5, 0.6) is 0 Å². The van der Waals surface area contributed by atoms with Crippen LogP contribution in [0, 0.1) is 51.2 Å². The Morgan fingerprint density at radius 1 is 1.00 bits per heavy atom. The fraction of sp³-hybridized carbons (Fsp3) is 0.641. The summed E-state index contributed by atoms with van der Waals surface area (Å²) in [6.45, 7) is 17.3. The van der Waals surface area contributed by atoms with Crippen LogP contribution in [0.2, 0.25) is 0 Å². The van der Waals surface area contributed by atoms with E-state index in [0.717, 1.165) is 38.5 Å².